The highest BCUT2D eigenvalue weighted by atomic mass is 32.2. The summed E-state index contributed by atoms with van der Waals surface area (Å²) in [6.45, 7) is 0. The van der Waals surface area contributed by atoms with Gasteiger partial charge in [-0.25, -0.2) is 12.8 Å². The third kappa shape index (κ3) is 2.34. The number of fused-ring (bicyclic) bond motifs is 2. The van der Waals surface area contributed by atoms with Crippen LogP contribution in [0.25, 0.3) is 0 Å². The lowest BCUT2D eigenvalue weighted by atomic mass is 9.80. The van der Waals surface area contributed by atoms with Gasteiger partial charge < -0.3 is 5.11 Å². The first-order chi connectivity index (χ1) is 9.85. The largest absolute Gasteiger partial charge is 0.385 e. The minimum absolute atomic E-state index is 0.0835. The summed E-state index contributed by atoms with van der Waals surface area (Å²) >= 11 is 0. The Morgan fingerprint density at radius 3 is 2.43 bits per heavy atom. The van der Waals surface area contributed by atoms with Gasteiger partial charge in [0.15, 0.2) is 9.84 Å². The molecular weight excluding hydrogens is 293 g/mol. The SMILES string of the molecule is N#Cc1cc(F)cc(C2(O)CC3CCCC(C2)S3(=O)=O)c1. The average Bonchev–Trinajstić information content (AvgIpc) is 2.40. The molecule has 2 aliphatic rings. The Balaban J connectivity index is 2.03. The van der Waals surface area contributed by atoms with Gasteiger partial charge in [0.2, 0.25) is 0 Å². The van der Waals surface area contributed by atoms with Crippen LogP contribution in [-0.2, 0) is 15.4 Å². The summed E-state index contributed by atoms with van der Waals surface area (Å²) in [6, 6.07) is 5.62. The second-order valence-corrected chi connectivity index (χ2v) is 8.56. The van der Waals surface area contributed by atoms with Crippen molar-refractivity contribution in [3.05, 3.63) is 35.1 Å². The Bertz CT molecular complexity index is 703. The molecule has 0 aliphatic carbocycles. The van der Waals surface area contributed by atoms with Crippen LogP contribution in [0, 0.1) is 17.1 Å². The quantitative estimate of drug-likeness (QED) is 0.861. The molecule has 6 heteroatoms. The summed E-state index contributed by atoms with van der Waals surface area (Å²) < 4.78 is 38.1. The van der Waals surface area contributed by atoms with Gasteiger partial charge in [0, 0.05) is 0 Å². The molecule has 21 heavy (non-hydrogen) atoms. The number of halogens is 1. The first-order valence-corrected chi connectivity index (χ1v) is 8.62. The highest BCUT2D eigenvalue weighted by Crippen LogP contribution is 2.46. The number of hydrogen-bond donors (Lipinski definition) is 1. The van der Waals surface area contributed by atoms with Crippen LogP contribution in [0.15, 0.2) is 18.2 Å². The van der Waals surface area contributed by atoms with Crippen LogP contribution in [0.3, 0.4) is 0 Å². The Hall–Kier alpha value is -1.45. The van der Waals surface area contributed by atoms with Crippen molar-refractivity contribution < 1.29 is 17.9 Å². The van der Waals surface area contributed by atoms with Crippen LogP contribution in [0.2, 0.25) is 0 Å². The van der Waals surface area contributed by atoms with Crippen LogP contribution in [0.4, 0.5) is 4.39 Å². The summed E-state index contributed by atoms with van der Waals surface area (Å²) in [7, 11) is -3.19. The number of rotatable bonds is 1. The first kappa shape index (κ1) is 14.5. The van der Waals surface area contributed by atoms with Crippen molar-refractivity contribution >= 4 is 9.84 Å². The van der Waals surface area contributed by atoms with Crippen molar-refractivity contribution in [1.29, 1.82) is 5.26 Å². The molecule has 0 spiro atoms. The highest BCUT2D eigenvalue weighted by molar-refractivity contribution is 7.92. The molecule has 2 unspecified atom stereocenters. The van der Waals surface area contributed by atoms with Gasteiger partial charge in [-0.05, 0) is 49.4 Å². The molecule has 2 fully saturated rings. The van der Waals surface area contributed by atoms with Crippen LogP contribution in [0.1, 0.15) is 43.2 Å². The van der Waals surface area contributed by atoms with Crippen molar-refractivity contribution in [2.45, 2.75) is 48.2 Å². The maximum atomic E-state index is 13.6. The smallest absolute Gasteiger partial charge is 0.156 e. The molecule has 112 valence electrons. The van der Waals surface area contributed by atoms with E-state index in [9.17, 15) is 17.9 Å². The highest BCUT2D eigenvalue weighted by Gasteiger charge is 2.51. The maximum absolute atomic E-state index is 13.6. The molecule has 1 N–H and O–H groups in total. The van der Waals surface area contributed by atoms with E-state index in [1.54, 1.807) is 0 Å². The fraction of sp³-hybridized carbons (Fsp3) is 0.533. The molecule has 2 aliphatic heterocycles. The van der Waals surface area contributed by atoms with Gasteiger partial charge in [0.25, 0.3) is 0 Å². The third-order valence-electron chi connectivity index (χ3n) is 4.68. The summed E-state index contributed by atoms with van der Waals surface area (Å²) in [5.74, 6) is -0.587. The third-order valence-corrected chi connectivity index (χ3v) is 7.34. The predicted molar refractivity (Wildman–Crippen MR) is 74.6 cm³/mol. The molecule has 2 saturated heterocycles. The lowest BCUT2D eigenvalue weighted by molar-refractivity contribution is 0.00473. The Labute approximate surface area is 123 Å². The molecule has 0 radical (unpaired) electrons. The molecule has 2 heterocycles. The second kappa shape index (κ2) is 4.79. The van der Waals surface area contributed by atoms with E-state index in [4.69, 9.17) is 5.26 Å². The molecule has 2 bridgehead atoms. The Morgan fingerprint density at radius 2 is 1.86 bits per heavy atom. The summed E-state index contributed by atoms with van der Waals surface area (Å²) in [5.41, 5.74) is -0.919. The lowest BCUT2D eigenvalue weighted by Crippen LogP contribution is -2.50. The van der Waals surface area contributed by atoms with Gasteiger partial charge in [-0.2, -0.15) is 5.26 Å². The van der Waals surface area contributed by atoms with Crippen molar-refractivity contribution in [1.82, 2.24) is 0 Å². The molecule has 1 aromatic rings. The van der Waals surface area contributed by atoms with Crippen molar-refractivity contribution in [3.8, 4) is 6.07 Å². The zero-order valence-electron chi connectivity index (χ0n) is 11.4. The Kier molecular flexibility index (Phi) is 3.30. The molecule has 3 rings (SSSR count). The topological polar surface area (TPSA) is 78.2 Å². The van der Waals surface area contributed by atoms with Gasteiger partial charge in [-0.1, -0.05) is 6.42 Å². The van der Waals surface area contributed by atoms with Gasteiger partial charge in [0.05, 0.1) is 27.7 Å². The predicted octanol–water partition coefficient (Wildman–Crippen LogP) is 2.01. The number of sulfone groups is 1. The van der Waals surface area contributed by atoms with E-state index in [-0.39, 0.29) is 18.4 Å². The summed E-state index contributed by atoms with van der Waals surface area (Å²) in [5, 5.41) is 18.7. The number of benzene rings is 1. The van der Waals surface area contributed by atoms with E-state index >= 15 is 0 Å². The van der Waals surface area contributed by atoms with E-state index in [2.05, 4.69) is 0 Å². The summed E-state index contributed by atoms with van der Waals surface area (Å²) in [6.07, 6.45) is 2.10. The average molecular weight is 309 g/mol. The van der Waals surface area contributed by atoms with Gasteiger partial charge >= 0.3 is 0 Å². The standard InChI is InChI=1S/C15H16FNO3S/c16-12-5-10(9-17)4-11(6-12)15(18)7-13-2-1-3-14(8-15)21(13,19)20/h4-6,13-14,18H,1-3,7-8H2. The van der Waals surface area contributed by atoms with E-state index < -0.39 is 31.8 Å². The number of hydrogen-bond acceptors (Lipinski definition) is 4. The lowest BCUT2D eigenvalue weighted by Gasteiger charge is -2.44. The van der Waals surface area contributed by atoms with Gasteiger partial charge in [0.1, 0.15) is 5.82 Å². The fourth-order valence-corrected chi connectivity index (χ4v) is 6.16. The van der Waals surface area contributed by atoms with Crippen LogP contribution in [-0.4, -0.2) is 24.0 Å². The Morgan fingerprint density at radius 1 is 1.24 bits per heavy atom. The monoisotopic (exact) mass is 309 g/mol. The van der Waals surface area contributed by atoms with Crippen molar-refractivity contribution in [2.24, 2.45) is 0 Å². The van der Waals surface area contributed by atoms with Crippen LogP contribution < -0.4 is 0 Å². The second-order valence-electron chi connectivity index (χ2n) is 6.04. The number of aliphatic hydroxyl groups is 1. The van der Waals surface area contributed by atoms with Crippen molar-refractivity contribution in [3.63, 3.8) is 0 Å². The van der Waals surface area contributed by atoms with Crippen LogP contribution >= 0.6 is 0 Å². The molecule has 0 aromatic heterocycles. The minimum atomic E-state index is -3.19. The van der Waals surface area contributed by atoms with Gasteiger partial charge in [-0.15, -0.1) is 0 Å². The number of nitrogens with zero attached hydrogens (tertiary/aromatic N) is 1. The van der Waals surface area contributed by atoms with Gasteiger partial charge in [-0.3, -0.25) is 0 Å². The normalized spacial score (nSPS) is 34.1. The molecule has 0 saturated carbocycles. The zero-order chi connectivity index (χ0) is 15.3. The van der Waals surface area contributed by atoms with Crippen LogP contribution in [0.5, 0.6) is 0 Å². The fourth-order valence-electron chi connectivity index (χ4n) is 3.61. The molecular formula is C15H16FNO3S. The molecule has 4 nitrogen and oxygen atoms in total. The van der Waals surface area contributed by atoms with Crippen molar-refractivity contribution in [2.75, 3.05) is 0 Å². The summed E-state index contributed by atoms with van der Waals surface area (Å²) in [4.78, 5) is 0. The minimum Gasteiger partial charge on any atom is -0.385 e. The molecule has 1 aromatic carbocycles. The number of nitriles is 1. The van der Waals surface area contributed by atoms with E-state index in [1.165, 1.54) is 12.1 Å². The van der Waals surface area contributed by atoms with E-state index in [0.717, 1.165) is 12.5 Å². The van der Waals surface area contributed by atoms with E-state index in [1.807, 2.05) is 6.07 Å². The van der Waals surface area contributed by atoms with E-state index in [0.29, 0.717) is 18.4 Å². The molecule has 2 atom stereocenters. The molecule has 0 amide bonds. The zero-order valence-corrected chi connectivity index (χ0v) is 12.2. The first-order valence-electron chi connectivity index (χ1n) is 7.01. The maximum Gasteiger partial charge on any atom is 0.156 e.